The second-order valence-corrected chi connectivity index (χ2v) is 3.86. The van der Waals surface area contributed by atoms with Gasteiger partial charge < -0.3 is 20.9 Å². The first-order chi connectivity index (χ1) is 8.60. The first kappa shape index (κ1) is 16.5. The van der Waals surface area contributed by atoms with Crippen molar-refractivity contribution >= 4 is 11.9 Å². The molecule has 18 heavy (non-hydrogen) atoms. The third-order valence-corrected chi connectivity index (χ3v) is 2.85. The van der Waals surface area contributed by atoms with E-state index in [9.17, 15) is 0 Å². The highest BCUT2D eigenvalue weighted by atomic mass is 15.3. The van der Waals surface area contributed by atoms with E-state index in [0.29, 0.717) is 25.0 Å². The largest absolute Gasteiger partial charge is 0.370 e. The van der Waals surface area contributed by atoms with Crippen molar-refractivity contribution in [3.8, 4) is 0 Å². The van der Waals surface area contributed by atoms with Gasteiger partial charge in [0.2, 0.25) is 0 Å². The predicted molar refractivity (Wildman–Crippen MR) is 78.1 cm³/mol. The maximum Gasteiger partial charge on any atom is 0.191 e. The van der Waals surface area contributed by atoms with Gasteiger partial charge in [-0.25, -0.2) is 0 Å². The zero-order valence-corrected chi connectivity index (χ0v) is 12.2. The van der Waals surface area contributed by atoms with Crippen molar-refractivity contribution in [1.29, 1.82) is 5.41 Å². The molecule has 0 aromatic rings. The number of aliphatic imine (C=N–C) groups is 1. The Morgan fingerprint density at radius 1 is 1.06 bits per heavy atom. The van der Waals surface area contributed by atoms with Crippen LogP contribution in [0.3, 0.4) is 0 Å². The van der Waals surface area contributed by atoms with Gasteiger partial charge in [-0.3, -0.25) is 10.4 Å². The Hall–Kier alpha value is -1.46. The van der Waals surface area contributed by atoms with Crippen molar-refractivity contribution in [2.24, 2.45) is 10.7 Å². The van der Waals surface area contributed by atoms with Gasteiger partial charge in [-0.1, -0.05) is 0 Å². The molecule has 0 aliphatic heterocycles. The van der Waals surface area contributed by atoms with E-state index in [0.717, 1.165) is 26.2 Å². The number of guanidine groups is 2. The highest BCUT2D eigenvalue weighted by molar-refractivity contribution is 5.78. The summed E-state index contributed by atoms with van der Waals surface area (Å²) in [6, 6.07) is 0. The smallest absolute Gasteiger partial charge is 0.191 e. The molecule has 0 rings (SSSR count). The molecule has 0 aliphatic rings. The lowest BCUT2D eigenvalue weighted by Crippen LogP contribution is -2.42. The molecule has 0 saturated carbocycles. The predicted octanol–water partition coefficient (Wildman–Crippen LogP) is 0.509. The van der Waals surface area contributed by atoms with E-state index in [1.807, 2.05) is 23.6 Å². The van der Waals surface area contributed by atoms with Crippen LogP contribution in [0, 0.1) is 5.41 Å². The molecule has 0 aromatic heterocycles. The summed E-state index contributed by atoms with van der Waals surface area (Å²) in [6.45, 7) is 12.8. The normalized spacial score (nSPS) is 11.2. The zero-order chi connectivity index (χ0) is 14.0. The first-order valence-corrected chi connectivity index (χ1v) is 6.72. The van der Waals surface area contributed by atoms with Gasteiger partial charge in [-0.2, -0.15) is 0 Å². The minimum atomic E-state index is 0.455. The molecule has 0 atom stereocenters. The first-order valence-electron chi connectivity index (χ1n) is 6.72. The minimum absolute atomic E-state index is 0.455. The van der Waals surface area contributed by atoms with Crippen LogP contribution < -0.4 is 11.1 Å². The quantitative estimate of drug-likeness (QED) is 0.352. The van der Waals surface area contributed by atoms with Gasteiger partial charge in [0, 0.05) is 32.7 Å². The standard InChI is InChI=1S/C12H28N6/c1-5-17(6-2)11(13)15-9-10-16-12(14)18(7-3)8-4/h5-10H2,1-4H3,(H2,13,15)(H2,14,16). The second-order valence-electron chi connectivity index (χ2n) is 3.86. The van der Waals surface area contributed by atoms with Crippen LogP contribution in [0.2, 0.25) is 0 Å². The van der Waals surface area contributed by atoms with Crippen LogP contribution in [0.1, 0.15) is 27.7 Å². The molecule has 0 aliphatic carbocycles. The molecule has 0 bridgehead atoms. The summed E-state index contributed by atoms with van der Waals surface area (Å²) in [5.74, 6) is 1.03. The Bertz CT molecular complexity index is 255. The molecule has 0 radical (unpaired) electrons. The summed E-state index contributed by atoms with van der Waals surface area (Å²) in [6.07, 6.45) is 0. The third kappa shape index (κ3) is 5.75. The summed E-state index contributed by atoms with van der Waals surface area (Å²) in [4.78, 5) is 8.26. The van der Waals surface area contributed by atoms with E-state index in [2.05, 4.69) is 24.2 Å². The summed E-state index contributed by atoms with van der Waals surface area (Å²) >= 11 is 0. The van der Waals surface area contributed by atoms with Crippen LogP contribution in [0.5, 0.6) is 0 Å². The van der Waals surface area contributed by atoms with Crippen LogP contribution in [-0.4, -0.2) is 61.0 Å². The van der Waals surface area contributed by atoms with Gasteiger partial charge >= 0.3 is 0 Å². The molecular formula is C12H28N6. The molecular weight excluding hydrogens is 228 g/mol. The van der Waals surface area contributed by atoms with Crippen LogP contribution in [-0.2, 0) is 0 Å². The van der Waals surface area contributed by atoms with E-state index in [-0.39, 0.29) is 0 Å². The van der Waals surface area contributed by atoms with Crippen molar-refractivity contribution in [3.05, 3.63) is 0 Å². The average Bonchev–Trinajstić information content (AvgIpc) is 2.37. The minimum Gasteiger partial charge on any atom is -0.370 e. The Morgan fingerprint density at radius 3 is 2.00 bits per heavy atom. The van der Waals surface area contributed by atoms with Gasteiger partial charge in [0.25, 0.3) is 0 Å². The number of nitrogens with zero attached hydrogens (tertiary/aromatic N) is 3. The second kappa shape index (κ2) is 9.56. The zero-order valence-electron chi connectivity index (χ0n) is 12.2. The molecule has 0 fully saturated rings. The topological polar surface area (TPSA) is 80.7 Å². The molecule has 6 heteroatoms. The molecule has 6 nitrogen and oxygen atoms in total. The van der Waals surface area contributed by atoms with E-state index in [1.165, 1.54) is 0 Å². The van der Waals surface area contributed by atoms with Gasteiger partial charge in [0.05, 0.1) is 6.54 Å². The molecule has 0 saturated heterocycles. The van der Waals surface area contributed by atoms with Crippen molar-refractivity contribution in [2.45, 2.75) is 27.7 Å². The van der Waals surface area contributed by atoms with Gasteiger partial charge in [0.15, 0.2) is 11.9 Å². The van der Waals surface area contributed by atoms with Crippen molar-refractivity contribution in [1.82, 2.24) is 15.1 Å². The fraction of sp³-hybridized carbons (Fsp3) is 0.833. The van der Waals surface area contributed by atoms with Crippen molar-refractivity contribution in [2.75, 3.05) is 39.3 Å². The van der Waals surface area contributed by atoms with Crippen LogP contribution in [0.4, 0.5) is 0 Å². The molecule has 0 amide bonds. The number of rotatable bonds is 7. The Labute approximate surface area is 111 Å². The molecule has 0 spiro atoms. The van der Waals surface area contributed by atoms with E-state index in [4.69, 9.17) is 11.1 Å². The maximum absolute atomic E-state index is 7.81. The molecule has 0 aromatic carbocycles. The summed E-state index contributed by atoms with van der Waals surface area (Å²) < 4.78 is 0. The SMILES string of the molecule is CCN(CC)C(=N)NCCN=C(N)N(CC)CC. The van der Waals surface area contributed by atoms with E-state index in [1.54, 1.807) is 0 Å². The lowest BCUT2D eigenvalue weighted by Gasteiger charge is -2.22. The van der Waals surface area contributed by atoms with Crippen LogP contribution in [0.25, 0.3) is 0 Å². The van der Waals surface area contributed by atoms with E-state index < -0.39 is 0 Å². The average molecular weight is 256 g/mol. The summed E-state index contributed by atoms with van der Waals surface area (Å²) in [5, 5.41) is 10.9. The fourth-order valence-electron chi connectivity index (χ4n) is 1.64. The van der Waals surface area contributed by atoms with Crippen LogP contribution in [0.15, 0.2) is 4.99 Å². The molecule has 0 unspecified atom stereocenters. The monoisotopic (exact) mass is 256 g/mol. The summed E-state index contributed by atoms with van der Waals surface area (Å²) in [7, 11) is 0. The lowest BCUT2D eigenvalue weighted by molar-refractivity contribution is 0.442. The molecule has 106 valence electrons. The number of nitrogens with one attached hydrogen (secondary N) is 2. The highest BCUT2D eigenvalue weighted by Gasteiger charge is 2.04. The van der Waals surface area contributed by atoms with Gasteiger partial charge in [-0.15, -0.1) is 0 Å². The Balaban J connectivity index is 3.98. The number of hydrogen-bond donors (Lipinski definition) is 3. The third-order valence-electron chi connectivity index (χ3n) is 2.85. The van der Waals surface area contributed by atoms with Crippen molar-refractivity contribution in [3.63, 3.8) is 0 Å². The maximum atomic E-state index is 7.81. The Morgan fingerprint density at radius 2 is 1.56 bits per heavy atom. The fourth-order valence-corrected chi connectivity index (χ4v) is 1.64. The van der Waals surface area contributed by atoms with Gasteiger partial charge in [0.1, 0.15) is 0 Å². The summed E-state index contributed by atoms with van der Waals surface area (Å²) in [5.41, 5.74) is 5.85. The number of hydrogen-bond acceptors (Lipinski definition) is 2. The van der Waals surface area contributed by atoms with Gasteiger partial charge in [-0.05, 0) is 27.7 Å². The lowest BCUT2D eigenvalue weighted by atomic mass is 10.5. The van der Waals surface area contributed by atoms with E-state index >= 15 is 0 Å². The Kier molecular flexibility index (Phi) is 8.78. The highest BCUT2D eigenvalue weighted by Crippen LogP contribution is 1.88. The molecule has 4 N–H and O–H groups in total. The van der Waals surface area contributed by atoms with Crippen molar-refractivity contribution < 1.29 is 0 Å². The van der Waals surface area contributed by atoms with Crippen LogP contribution >= 0.6 is 0 Å². The molecule has 0 heterocycles. The number of nitrogens with two attached hydrogens (primary N) is 1.